The van der Waals surface area contributed by atoms with E-state index in [1.54, 1.807) is 0 Å². The first-order valence-corrected chi connectivity index (χ1v) is 4.78. The van der Waals surface area contributed by atoms with Crippen molar-refractivity contribution >= 4 is 0 Å². The van der Waals surface area contributed by atoms with Gasteiger partial charge in [0.25, 0.3) is 0 Å². The molecule has 1 aromatic rings. The van der Waals surface area contributed by atoms with E-state index >= 15 is 0 Å². The highest BCUT2D eigenvalue weighted by molar-refractivity contribution is 5.10. The molecular weight excluding hydrogens is 162 g/mol. The van der Waals surface area contributed by atoms with Gasteiger partial charge in [-0.3, -0.25) is 4.68 Å². The van der Waals surface area contributed by atoms with Crippen LogP contribution in [0.2, 0.25) is 0 Å². The molecule has 74 valence electrons. The second-order valence-electron chi connectivity index (χ2n) is 4.36. The van der Waals surface area contributed by atoms with Crippen LogP contribution in [0.3, 0.4) is 0 Å². The second kappa shape index (κ2) is 3.92. The Kier molecular flexibility index (Phi) is 3.09. The molecule has 0 aliphatic carbocycles. The van der Waals surface area contributed by atoms with Gasteiger partial charge in [0, 0.05) is 18.2 Å². The molecular formula is C10H19N3. The predicted octanol–water partition coefficient (Wildman–Crippen LogP) is 1.53. The molecule has 1 heterocycles. The lowest BCUT2D eigenvalue weighted by atomic mass is 9.93. The second-order valence-corrected chi connectivity index (χ2v) is 4.36. The lowest BCUT2D eigenvalue weighted by molar-refractivity contribution is 0.524. The van der Waals surface area contributed by atoms with E-state index in [9.17, 15) is 0 Å². The van der Waals surface area contributed by atoms with E-state index in [-0.39, 0.29) is 5.41 Å². The maximum atomic E-state index is 5.43. The smallest absolute Gasteiger partial charge is 0.0677 e. The zero-order valence-corrected chi connectivity index (χ0v) is 8.75. The summed E-state index contributed by atoms with van der Waals surface area (Å²) in [5.74, 6) is 0. The molecule has 13 heavy (non-hydrogen) atoms. The van der Waals surface area contributed by atoms with Crippen LogP contribution in [0.1, 0.15) is 32.9 Å². The van der Waals surface area contributed by atoms with E-state index in [2.05, 4.69) is 31.9 Å². The van der Waals surface area contributed by atoms with E-state index in [1.807, 2.05) is 10.9 Å². The van der Waals surface area contributed by atoms with Crippen molar-refractivity contribution in [1.82, 2.24) is 9.78 Å². The van der Waals surface area contributed by atoms with Gasteiger partial charge in [0.05, 0.1) is 5.69 Å². The predicted molar refractivity (Wildman–Crippen MR) is 54.6 cm³/mol. The summed E-state index contributed by atoms with van der Waals surface area (Å²) in [4.78, 5) is 0. The molecule has 0 unspecified atom stereocenters. The molecule has 0 aliphatic heterocycles. The number of hydrogen-bond acceptors (Lipinski definition) is 2. The van der Waals surface area contributed by atoms with Crippen LogP contribution in [-0.4, -0.2) is 16.3 Å². The van der Waals surface area contributed by atoms with Gasteiger partial charge in [0.15, 0.2) is 0 Å². The van der Waals surface area contributed by atoms with Crippen molar-refractivity contribution in [2.75, 3.05) is 6.54 Å². The molecule has 0 saturated carbocycles. The monoisotopic (exact) mass is 181 g/mol. The molecule has 3 heteroatoms. The fourth-order valence-electron chi connectivity index (χ4n) is 1.14. The molecule has 1 rings (SSSR count). The number of hydrogen-bond donors (Lipinski definition) is 1. The molecule has 0 fully saturated rings. The number of rotatable bonds is 3. The summed E-state index contributed by atoms with van der Waals surface area (Å²) in [5.41, 5.74) is 6.72. The Labute approximate surface area is 79.9 Å². The van der Waals surface area contributed by atoms with Gasteiger partial charge in [0.1, 0.15) is 0 Å². The quantitative estimate of drug-likeness (QED) is 0.768. The van der Waals surface area contributed by atoms with E-state index < -0.39 is 0 Å². The number of nitrogens with two attached hydrogens (primary N) is 1. The molecule has 0 saturated heterocycles. The first kappa shape index (κ1) is 10.3. The first-order chi connectivity index (χ1) is 6.04. The van der Waals surface area contributed by atoms with Gasteiger partial charge in [-0.25, -0.2) is 0 Å². The third-order valence-corrected chi connectivity index (χ3v) is 2.00. The van der Waals surface area contributed by atoms with Gasteiger partial charge >= 0.3 is 0 Å². The van der Waals surface area contributed by atoms with Crippen molar-refractivity contribution in [3.8, 4) is 0 Å². The molecule has 0 bridgehead atoms. The number of aryl methyl sites for hydroxylation is 1. The van der Waals surface area contributed by atoms with E-state index in [0.29, 0.717) is 0 Å². The Morgan fingerprint density at radius 1 is 1.46 bits per heavy atom. The average molecular weight is 181 g/mol. The summed E-state index contributed by atoms with van der Waals surface area (Å²) in [5, 5.41) is 4.48. The zero-order valence-electron chi connectivity index (χ0n) is 8.75. The van der Waals surface area contributed by atoms with Crippen LogP contribution >= 0.6 is 0 Å². The van der Waals surface area contributed by atoms with Crippen molar-refractivity contribution in [2.45, 2.75) is 39.2 Å². The molecule has 0 amide bonds. The van der Waals surface area contributed by atoms with Crippen molar-refractivity contribution in [3.63, 3.8) is 0 Å². The molecule has 2 N–H and O–H groups in total. The Morgan fingerprint density at radius 3 is 2.62 bits per heavy atom. The normalized spacial score (nSPS) is 12.0. The molecule has 0 radical (unpaired) electrons. The van der Waals surface area contributed by atoms with Crippen LogP contribution in [0.5, 0.6) is 0 Å². The van der Waals surface area contributed by atoms with Crippen molar-refractivity contribution in [3.05, 3.63) is 18.0 Å². The summed E-state index contributed by atoms with van der Waals surface area (Å²) in [6.07, 6.45) is 3.02. The van der Waals surface area contributed by atoms with Crippen LogP contribution in [-0.2, 0) is 12.0 Å². The topological polar surface area (TPSA) is 43.8 Å². The first-order valence-electron chi connectivity index (χ1n) is 4.78. The largest absolute Gasteiger partial charge is 0.330 e. The van der Waals surface area contributed by atoms with Gasteiger partial charge in [-0.2, -0.15) is 5.10 Å². The van der Waals surface area contributed by atoms with Crippen LogP contribution in [0.25, 0.3) is 0 Å². The summed E-state index contributed by atoms with van der Waals surface area (Å²) in [6.45, 7) is 8.16. The Balaban J connectivity index is 2.64. The SMILES string of the molecule is CC(C)(C)c1ccn(CCCN)n1. The minimum absolute atomic E-state index is 0.147. The minimum atomic E-state index is 0.147. The van der Waals surface area contributed by atoms with Crippen LogP contribution < -0.4 is 5.73 Å². The highest BCUT2D eigenvalue weighted by Gasteiger charge is 2.16. The maximum absolute atomic E-state index is 5.43. The van der Waals surface area contributed by atoms with Crippen molar-refractivity contribution in [1.29, 1.82) is 0 Å². The summed E-state index contributed by atoms with van der Waals surface area (Å²) >= 11 is 0. The summed E-state index contributed by atoms with van der Waals surface area (Å²) in [6, 6.07) is 2.08. The number of aromatic nitrogens is 2. The molecule has 3 nitrogen and oxygen atoms in total. The Hall–Kier alpha value is -0.830. The lowest BCUT2D eigenvalue weighted by Gasteiger charge is -2.14. The lowest BCUT2D eigenvalue weighted by Crippen LogP contribution is -2.13. The molecule has 0 spiro atoms. The fourth-order valence-corrected chi connectivity index (χ4v) is 1.14. The van der Waals surface area contributed by atoms with Gasteiger partial charge < -0.3 is 5.73 Å². The third-order valence-electron chi connectivity index (χ3n) is 2.00. The third kappa shape index (κ3) is 2.84. The van der Waals surface area contributed by atoms with E-state index in [1.165, 1.54) is 0 Å². The van der Waals surface area contributed by atoms with Gasteiger partial charge in [0.2, 0.25) is 0 Å². The Bertz CT molecular complexity index is 257. The fraction of sp³-hybridized carbons (Fsp3) is 0.700. The highest BCUT2D eigenvalue weighted by atomic mass is 15.3. The maximum Gasteiger partial charge on any atom is 0.0677 e. The van der Waals surface area contributed by atoms with E-state index in [0.717, 1.165) is 25.2 Å². The van der Waals surface area contributed by atoms with Gasteiger partial charge in [-0.15, -0.1) is 0 Å². The van der Waals surface area contributed by atoms with E-state index in [4.69, 9.17) is 5.73 Å². The highest BCUT2D eigenvalue weighted by Crippen LogP contribution is 2.19. The van der Waals surface area contributed by atoms with Crippen LogP contribution in [0.4, 0.5) is 0 Å². The summed E-state index contributed by atoms with van der Waals surface area (Å²) in [7, 11) is 0. The average Bonchev–Trinajstić information content (AvgIpc) is 2.47. The number of nitrogens with zero attached hydrogens (tertiary/aromatic N) is 2. The molecule has 1 aromatic heterocycles. The van der Waals surface area contributed by atoms with Gasteiger partial charge in [-0.05, 0) is 19.0 Å². The summed E-state index contributed by atoms with van der Waals surface area (Å²) < 4.78 is 1.97. The molecule has 0 atom stereocenters. The molecule has 0 aliphatic rings. The van der Waals surface area contributed by atoms with Crippen molar-refractivity contribution < 1.29 is 0 Å². The zero-order chi connectivity index (χ0) is 9.90. The Morgan fingerprint density at radius 2 is 2.15 bits per heavy atom. The molecule has 0 aromatic carbocycles. The minimum Gasteiger partial charge on any atom is -0.330 e. The standard InChI is InChI=1S/C10H19N3/c1-10(2,3)9-5-8-13(12-9)7-4-6-11/h5,8H,4,6-7,11H2,1-3H3. The van der Waals surface area contributed by atoms with Crippen LogP contribution in [0, 0.1) is 0 Å². The van der Waals surface area contributed by atoms with Crippen molar-refractivity contribution in [2.24, 2.45) is 5.73 Å². The van der Waals surface area contributed by atoms with Gasteiger partial charge in [-0.1, -0.05) is 20.8 Å². The van der Waals surface area contributed by atoms with Crippen LogP contribution in [0.15, 0.2) is 12.3 Å².